The molecule has 0 radical (unpaired) electrons. The minimum Gasteiger partial charge on any atom is -0.496 e. The maximum atomic E-state index is 6.69. The van der Waals surface area contributed by atoms with Crippen molar-refractivity contribution in [1.29, 1.82) is 0 Å². The van der Waals surface area contributed by atoms with Crippen LogP contribution in [-0.4, -0.2) is 24.1 Å². The van der Waals surface area contributed by atoms with E-state index in [0.29, 0.717) is 17.4 Å². The smallest absolute Gasteiger partial charge is 0.122 e. The third-order valence-corrected chi connectivity index (χ3v) is 7.59. The van der Waals surface area contributed by atoms with Crippen LogP contribution >= 0.6 is 31.9 Å². The van der Waals surface area contributed by atoms with Crippen LogP contribution in [0.4, 0.5) is 0 Å². The first kappa shape index (κ1) is 18.7. The number of hydrogen-bond donors (Lipinski definition) is 0. The molecule has 1 aromatic rings. The Hall–Kier alpha value is -0.0600. The van der Waals surface area contributed by atoms with Crippen molar-refractivity contribution in [3.63, 3.8) is 0 Å². The summed E-state index contributed by atoms with van der Waals surface area (Å²) in [5.41, 5.74) is 2.77. The summed E-state index contributed by atoms with van der Waals surface area (Å²) in [4.78, 5) is 0. The van der Waals surface area contributed by atoms with Gasteiger partial charge in [-0.15, -0.1) is 0 Å². The first-order chi connectivity index (χ1) is 11.3. The highest BCUT2D eigenvalue weighted by molar-refractivity contribution is 9.10. The third-order valence-electron chi connectivity index (χ3n) is 6.13. The molecule has 2 nitrogen and oxygen atoms in total. The second kappa shape index (κ2) is 6.92. The van der Waals surface area contributed by atoms with Gasteiger partial charge in [0.05, 0.1) is 18.8 Å². The van der Waals surface area contributed by atoms with Crippen LogP contribution in [0.15, 0.2) is 16.6 Å². The fourth-order valence-corrected chi connectivity index (χ4v) is 5.94. The maximum Gasteiger partial charge on any atom is 0.122 e. The molecule has 2 aliphatic rings. The topological polar surface area (TPSA) is 18.5 Å². The highest BCUT2D eigenvalue weighted by Gasteiger charge is 2.55. The molecule has 0 amide bonds. The number of benzene rings is 1. The van der Waals surface area contributed by atoms with Crippen LogP contribution in [0.3, 0.4) is 0 Å². The molecular weight excluding hydrogens is 432 g/mol. The molecule has 134 valence electrons. The number of hydrogen-bond acceptors (Lipinski definition) is 2. The number of aryl methyl sites for hydroxylation is 1. The van der Waals surface area contributed by atoms with E-state index in [1.807, 2.05) is 0 Å². The lowest BCUT2D eigenvalue weighted by molar-refractivity contribution is -0.0997. The largest absolute Gasteiger partial charge is 0.496 e. The Morgan fingerprint density at radius 3 is 2.71 bits per heavy atom. The summed E-state index contributed by atoms with van der Waals surface area (Å²) in [6.07, 6.45) is 6.17. The summed E-state index contributed by atoms with van der Waals surface area (Å²) >= 11 is 7.42. The van der Waals surface area contributed by atoms with Crippen molar-refractivity contribution in [1.82, 2.24) is 0 Å². The summed E-state index contributed by atoms with van der Waals surface area (Å²) in [6.45, 7) is 6.94. The second-order valence-electron chi connectivity index (χ2n) is 8.18. The Morgan fingerprint density at radius 1 is 1.29 bits per heavy atom. The molecule has 1 saturated carbocycles. The molecule has 1 heterocycles. The van der Waals surface area contributed by atoms with Crippen LogP contribution in [0.5, 0.6) is 5.75 Å². The highest BCUT2D eigenvalue weighted by atomic mass is 79.9. The van der Waals surface area contributed by atoms with Gasteiger partial charge in [0.15, 0.2) is 0 Å². The quantitative estimate of drug-likeness (QED) is 0.509. The standard InChI is InChI=1S/C20H28Br2O2/c1-13-8-16(22)14(9-17(13)23-4)11-20-7-5-6-19(2,3)18(20)10-15(12-21)24-20/h8-9,15,18H,5-7,10-12H2,1-4H3/t15-,18-,20-/m0/s1. The van der Waals surface area contributed by atoms with Gasteiger partial charge in [-0.3, -0.25) is 0 Å². The minimum absolute atomic E-state index is 0.0387. The van der Waals surface area contributed by atoms with Gasteiger partial charge in [-0.25, -0.2) is 0 Å². The molecule has 0 N–H and O–H groups in total. The number of alkyl halides is 1. The van der Waals surface area contributed by atoms with Gasteiger partial charge in [0.2, 0.25) is 0 Å². The van der Waals surface area contributed by atoms with Crippen molar-refractivity contribution in [2.24, 2.45) is 11.3 Å². The van der Waals surface area contributed by atoms with Crippen molar-refractivity contribution in [2.75, 3.05) is 12.4 Å². The van der Waals surface area contributed by atoms with Crippen molar-refractivity contribution >= 4 is 31.9 Å². The van der Waals surface area contributed by atoms with Gasteiger partial charge in [0, 0.05) is 16.2 Å². The minimum atomic E-state index is -0.0387. The maximum absolute atomic E-state index is 6.69. The number of fused-ring (bicyclic) bond motifs is 1. The van der Waals surface area contributed by atoms with E-state index in [1.54, 1.807) is 7.11 Å². The van der Waals surface area contributed by atoms with Gasteiger partial charge in [0.1, 0.15) is 5.75 Å². The van der Waals surface area contributed by atoms with E-state index < -0.39 is 0 Å². The monoisotopic (exact) mass is 458 g/mol. The van der Waals surface area contributed by atoms with Crippen molar-refractivity contribution in [3.05, 3.63) is 27.7 Å². The average molecular weight is 460 g/mol. The van der Waals surface area contributed by atoms with Crippen LogP contribution in [0.25, 0.3) is 0 Å². The molecule has 1 aromatic carbocycles. The fourth-order valence-electron chi connectivity index (χ4n) is 4.94. The number of halogens is 2. The normalized spacial score (nSPS) is 31.8. The van der Waals surface area contributed by atoms with Crippen LogP contribution in [0.1, 0.15) is 50.7 Å². The molecule has 24 heavy (non-hydrogen) atoms. The van der Waals surface area contributed by atoms with Gasteiger partial charge in [0.25, 0.3) is 0 Å². The molecule has 0 unspecified atom stereocenters. The lowest BCUT2D eigenvalue weighted by Crippen LogP contribution is -2.48. The molecule has 1 aliphatic carbocycles. The summed E-state index contributed by atoms with van der Waals surface area (Å²) in [7, 11) is 1.75. The second-order valence-corrected chi connectivity index (χ2v) is 9.68. The molecule has 0 spiro atoms. The summed E-state index contributed by atoms with van der Waals surface area (Å²) < 4.78 is 13.4. The van der Waals surface area contributed by atoms with E-state index in [-0.39, 0.29) is 5.60 Å². The first-order valence-electron chi connectivity index (χ1n) is 8.88. The van der Waals surface area contributed by atoms with Crippen molar-refractivity contribution in [3.8, 4) is 5.75 Å². The first-order valence-corrected chi connectivity index (χ1v) is 10.8. The third kappa shape index (κ3) is 3.31. The van der Waals surface area contributed by atoms with E-state index >= 15 is 0 Å². The molecule has 0 aromatic heterocycles. The van der Waals surface area contributed by atoms with Crippen molar-refractivity contribution < 1.29 is 9.47 Å². The van der Waals surface area contributed by atoms with Gasteiger partial charge in [-0.1, -0.05) is 52.1 Å². The van der Waals surface area contributed by atoms with Crippen LogP contribution < -0.4 is 4.74 Å². The zero-order valence-corrected chi connectivity index (χ0v) is 18.3. The fraction of sp³-hybridized carbons (Fsp3) is 0.700. The Labute approximate surface area is 162 Å². The zero-order valence-electron chi connectivity index (χ0n) is 15.1. The molecule has 4 heteroatoms. The Morgan fingerprint density at radius 2 is 2.04 bits per heavy atom. The van der Waals surface area contributed by atoms with Gasteiger partial charge >= 0.3 is 0 Å². The van der Waals surface area contributed by atoms with E-state index in [2.05, 4.69) is 64.8 Å². The lowest BCUT2D eigenvalue weighted by Gasteiger charge is -2.48. The summed E-state index contributed by atoms with van der Waals surface area (Å²) in [5, 5.41) is 0.930. The Bertz CT molecular complexity index is 614. The molecule has 1 saturated heterocycles. The molecular formula is C20H28Br2O2. The SMILES string of the molecule is COc1cc(C[C@@]23CCCC(C)(C)[C@@H]2C[C@@H](CBr)O3)c(Br)cc1C. The Kier molecular flexibility index (Phi) is 5.40. The highest BCUT2D eigenvalue weighted by Crippen LogP contribution is 2.56. The predicted molar refractivity (Wildman–Crippen MR) is 106 cm³/mol. The number of rotatable bonds is 4. The van der Waals surface area contributed by atoms with E-state index in [1.165, 1.54) is 29.3 Å². The number of methoxy groups -OCH3 is 1. The van der Waals surface area contributed by atoms with E-state index in [9.17, 15) is 0 Å². The molecule has 1 aliphatic heterocycles. The lowest BCUT2D eigenvalue weighted by atomic mass is 9.59. The van der Waals surface area contributed by atoms with Gasteiger partial charge < -0.3 is 9.47 Å². The van der Waals surface area contributed by atoms with E-state index in [0.717, 1.165) is 29.5 Å². The molecule has 3 atom stereocenters. The summed E-state index contributed by atoms with van der Waals surface area (Å²) in [6, 6.07) is 4.36. The zero-order chi connectivity index (χ0) is 17.5. The van der Waals surface area contributed by atoms with Crippen LogP contribution in [0.2, 0.25) is 0 Å². The van der Waals surface area contributed by atoms with Crippen LogP contribution in [0, 0.1) is 18.3 Å². The number of ether oxygens (including phenoxy) is 2. The van der Waals surface area contributed by atoms with Crippen LogP contribution in [-0.2, 0) is 11.2 Å². The summed E-state index contributed by atoms with van der Waals surface area (Å²) in [5.74, 6) is 1.58. The Balaban J connectivity index is 1.97. The predicted octanol–water partition coefficient (Wildman–Crippen LogP) is 6.06. The average Bonchev–Trinajstić information content (AvgIpc) is 2.90. The van der Waals surface area contributed by atoms with E-state index in [4.69, 9.17) is 9.47 Å². The molecule has 3 rings (SSSR count). The molecule has 0 bridgehead atoms. The molecule has 2 fully saturated rings. The van der Waals surface area contributed by atoms with Crippen molar-refractivity contribution in [2.45, 2.75) is 64.6 Å². The van der Waals surface area contributed by atoms with Gasteiger partial charge in [-0.2, -0.15) is 0 Å². The van der Waals surface area contributed by atoms with Gasteiger partial charge in [-0.05, 0) is 60.8 Å².